The van der Waals surface area contributed by atoms with Crippen LogP contribution in [0.25, 0.3) is 10.9 Å². The summed E-state index contributed by atoms with van der Waals surface area (Å²) in [5.74, 6) is -1.08. The lowest BCUT2D eigenvalue weighted by atomic mass is 9.71. The summed E-state index contributed by atoms with van der Waals surface area (Å²) < 4.78 is 28.5. The summed E-state index contributed by atoms with van der Waals surface area (Å²) in [4.78, 5) is 15.1. The van der Waals surface area contributed by atoms with Crippen LogP contribution in [-0.4, -0.2) is 4.98 Å². The van der Waals surface area contributed by atoms with E-state index < -0.39 is 17.2 Å². The van der Waals surface area contributed by atoms with E-state index in [1.165, 1.54) is 18.2 Å². The number of para-hydroxylation sites is 1. The van der Waals surface area contributed by atoms with Crippen molar-refractivity contribution in [3.05, 3.63) is 81.6 Å². The Bertz CT molecular complexity index is 972. The molecular formula is C20H18F2N2O. The van der Waals surface area contributed by atoms with Crippen molar-refractivity contribution in [2.75, 3.05) is 0 Å². The Morgan fingerprint density at radius 3 is 2.44 bits per heavy atom. The second-order valence-electron chi connectivity index (χ2n) is 6.60. The first-order valence-corrected chi connectivity index (χ1v) is 8.40. The van der Waals surface area contributed by atoms with Crippen molar-refractivity contribution >= 4 is 10.9 Å². The van der Waals surface area contributed by atoms with Crippen LogP contribution in [0.15, 0.2) is 53.3 Å². The van der Waals surface area contributed by atoms with E-state index in [4.69, 9.17) is 0 Å². The van der Waals surface area contributed by atoms with Crippen LogP contribution in [0.1, 0.15) is 30.4 Å². The molecule has 1 aromatic heterocycles. The largest absolute Gasteiger partial charge is 0.322 e. The minimum absolute atomic E-state index is 0.0819. The average Bonchev–Trinajstić information content (AvgIpc) is 2.56. The summed E-state index contributed by atoms with van der Waals surface area (Å²) in [5, 5.41) is 4.18. The maximum Gasteiger partial charge on any atom is 0.252 e. The van der Waals surface area contributed by atoms with Crippen molar-refractivity contribution in [2.45, 2.75) is 31.3 Å². The average molecular weight is 340 g/mol. The van der Waals surface area contributed by atoms with E-state index in [2.05, 4.69) is 10.3 Å². The van der Waals surface area contributed by atoms with E-state index in [1.54, 1.807) is 0 Å². The summed E-state index contributed by atoms with van der Waals surface area (Å²) in [6, 6.07) is 13.3. The van der Waals surface area contributed by atoms with Crippen LogP contribution in [0.3, 0.4) is 0 Å². The number of hydrogen-bond acceptors (Lipinski definition) is 2. The predicted molar refractivity (Wildman–Crippen MR) is 93.3 cm³/mol. The number of halogens is 2. The number of pyridine rings is 1. The van der Waals surface area contributed by atoms with E-state index in [0.29, 0.717) is 18.4 Å². The summed E-state index contributed by atoms with van der Waals surface area (Å²) in [5.41, 5.74) is 0.484. The fourth-order valence-electron chi connectivity index (χ4n) is 3.59. The molecule has 1 aliphatic carbocycles. The zero-order valence-electron chi connectivity index (χ0n) is 13.6. The van der Waals surface area contributed by atoms with Gasteiger partial charge in [0.1, 0.15) is 11.6 Å². The van der Waals surface area contributed by atoms with E-state index in [-0.39, 0.29) is 17.7 Å². The molecule has 1 saturated carbocycles. The lowest BCUT2D eigenvalue weighted by Gasteiger charge is -2.43. The van der Waals surface area contributed by atoms with Crippen molar-refractivity contribution in [1.29, 1.82) is 0 Å². The minimum Gasteiger partial charge on any atom is -0.322 e. The number of aromatic nitrogens is 1. The molecule has 25 heavy (non-hydrogen) atoms. The van der Waals surface area contributed by atoms with E-state index >= 15 is 0 Å². The minimum atomic E-state index is -0.743. The molecule has 1 heterocycles. The molecular weight excluding hydrogens is 322 g/mol. The fraction of sp³-hybridized carbons (Fsp3) is 0.250. The van der Waals surface area contributed by atoms with Gasteiger partial charge >= 0.3 is 0 Å². The zero-order chi connectivity index (χ0) is 17.4. The highest BCUT2D eigenvalue weighted by molar-refractivity contribution is 5.78. The fourth-order valence-corrected chi connectivity index (χ4v) is 3.59. The molecule has 1 fully saturated rings. The first-order chi connectivity index (χ1) is 12.1. The van der Waals surface area contributed by atoms with Gasteiger partial charge in [-0.05, 0) is 48.9 Å². The summed E-state index contributed by atoms with van der Waals surface area (Å²) >= 11 is 0. The highest BCUT2D eigenvalue weighted by Gasteiger charge is 2.42. The van der Waals surface area contributed by atoms with Gasteiger partial charge in [0.05, 0.1) is 0 Å². The van der Waals surface area contributed by atoms with Gasteiger partial charge in [-0.1, -0.05) is 24.3 Å². The monoisotopic (exact) mass is 340 g/mol. The summed E-state index contributed by atoms with van der Waals surface area (Å²) in [7, 11) is 0. The molecule has 3 aromatic rings. The molecule has 0 aliphatic heterocycles. The molecule has 0 amide bonds. The predicted octanol–water partition coefficient (Wildman–Crippen LogP) is 3.98. The highest BCUT2D eigenvalue weighted by atomic mass is 19.1. The van der Waals surface area contributed by atoms with Gasteiger partial charge in [0.2, 0.25) is 0 Å². The Morgan fingerprint density at radius 2 is 1.76 bits per heavy atom. The topological polar surface area (TPSA) is 44.9 Å². The van der Waals surface area contributed by atoms with Crippen molar-refractivity contribution < 1.29 is 8.78 Å². The number of H-pyrrole nitrogens is 1. The molecule has 128 valence electrons. The molecule has 0 saturated heterocycles. The quantitative estimate of drug-likeness (QED) is 0.755. The normalized spacial score (nSPS) is 15.9. The molecule has 5 heteroatoms. The molecule has 2 aromatic carbocycles. The van der Waals surface area contributed by atoms with Crippen LogP contribution in [0.2, 0.25) is 0 Å². The van der Waals surface area contributed by atoms with Gasteiger partial charge in [-0.25, -0.2) is 8.78 Å². The molecule has 0 spiro atoms. The summed E-state index contributed by atoms with van der Waals surface area (Å²) in [6.45, 7) is 0.258. The van der Waals surface area contributed by atoms with Crippen LogP contribution >= 0.6 is 0 Å². The summed E-state index contributed by atoms with van der Waals surface area (Å²) in [6.07, 6.45) is 2.20. The number of rotatable bonds is 4. The van der Waals surface area contributed by atoms with Crippen LogP contribution in [0, 0.1) is 11.6 Å². The van der Waals surface area contributed by atoms with E-state index in [0.717, 1.165) is 17.3 Å². The second-order valence-corrected chi connectivity index (χ2v) is 6.60. The number of aromatic amines is 1. The van der Waals surface area contributed by atoms with Crippen LogP contribution in [-0.2, 0) is 12.1 Å². The smallest absolute Gasteiger partial charge is 0.252 e. The highest BCUT2D eigenvalue weighted by Crippen LogP contribution is 2.43. The van der Waals surface area contributed by atoms with Gasteiger partial charge < -0.3 is 10.3 Å². The third kappa shape index (κ3) is 2.74. The van der Waals surface area contributed by atoms with Crippen molar-refractivity contribution in [1.82, 2.24) is 10.3 Å². The maximum absolute atomic E-state index is 14.2. The number of fused-ring (bicyclic) bond motifs is 1. The molecule has 1 aliphatic rings. The number of hydrogen-bond donors (Lipinski definition) is 2. The van der Waals surface area contributed by atoms with Crippen LogP contribution < -0.4 is 10.9 Å². The molecule has 4 rings (SSSR count). The van der Waals surface area contributed by atoms with Crippen molar-refractivity contribution in [3.63, 3.8) is 0 Å². The molecule has 0 atom stereocenters. The second kappa shape index (κ2) is 6.08. The van der Waals surface area contributed by atoms with E-state index in [9.17, 15) is 13.6 Å². The van der Waals surface area contributed by atoms with Crippen LogP contribution in [0.5, 0.6) is 0 Å². The molecule has 0 radical (unpaired) electrons. The molecule has 0 bridgehead atoms. The van der Waals surface area contributed by atoms with E-state index in [1.807, 2.05) is 30.3 Å². The Labute approximate surface area is 143 Å². The van der Waals surface area contributed by atoms with Crippen molar-refractivity contribution in [2.24, 2.45) is 0 Å². The molecule has 0 unspecified atom stereocenters. The van der Waals surface area contributed by atoms with Crippen LogP contribution in [0.4, 0.5) is 8.78 Å². The first kappa shape index (κ1) is 16.0. The molecule has 2 N–H and O–H groups in total. The standard InChI is InChI=1S/C20H18F2N2O/c21-15-6-3-7-16(22)18(15)20(9-4-10-20)23-12-14-11-13-5-1-2-8-17(13)24-19(14)25/h1-3,5-8,11,23H,4,9-10,12H2,(H,24,25). The van der Waals surface area contributed by atoms with Crippen molar-refractivity contribution in [3.8, 4) is 0 Å². The Hall–Kier alpha value is -2.53. The van der Waals surface area contributed by atoms with Gasteiger partial charge in [-0.3, -0.25) is 4.79 Å². The first-order valence-electron chi connectivity index (χ1n) is 8.40. The maximum atomic E-state index is 14.2. The van der Waals surface area contributed by atoms with Gasteiger partial charge in [-0.2, -0.15) is 0 Å². The Balaban J connectivity index is 1.66. The molecule has 3 nitrogen and oxygen atoms in total. The number of nitrogens with one attached hydrogen (secondary N) is 2. The SMILES string of the molecule is O=c1[nH]c2ccccc2cc1CNC1(c2c(F)cccc2F)CCC1. The van der Waals surface area contributed by atoms with Gasteiger partial charge in [-0.15, -0.1) is 0 Å². The third-order valence-electron chi connectivity index (χ3n) is 5.10. The zero-order valence-corrected chi connectivity index (χ0v) is 13.6. The lowest BCUT2D eigenvalue weighted by Crippen LogP contribution is -2.49. The Morgan fingerprint density at radius 1 is 1.04 bits per heavy atom. The Kier molecular flexibility index (Phi) is 3.88. The van der Waals surface area contributed by atoms with Gasteiger partial charge in [0, 0.05) is 28.7 Å². The number of benzene rings is 2. The third-order valence-corrected chi connectivity index (χ3v) is 5.10. The lowest BCUT2D eigenvalue weighted by molar-refractivity contribution is 0.170. The van der Waals surface area contributed by atoms with Gasteiger partial charge in [0.15, 0.2) is 0 Å². The van der Waals surface area contributed by atoms with Gasteiger partial charge in [0.25, 0.3) is 5.56 Å².